The Balaban J connectivity index is 1.56. The predicted molar refractivity (Wildman–Crippen MR) is 96.3 cm³/mol. The third-order valence-corrected chi connectivity index (χ3v) is 4.64. The molecule has 3 amide bonds. The van der Waals surface area contributed by atoms with Crippen LogP contribution in [0, 0.1) is 0 Å². The molecular weight excluding hydrogens is 350 g/mol. The van der Waals surface area contributed by atoms with Crippen LogP contribution in [0.2, 0.25) is 0 Å². The molecule has 1 unspecified atom stereocenters. The summed E-state index contributed by atoms with van der Waals surface area (Å²) in [5, 5.41) is 18.5. The van der Waals surface area contributed by atoms with Crippen molar-refractivity contribution in [1.29, 1.82) is 0 Å². The van der Waals surface area contributed by atoms with Gasteiger partial charge in [0, 0.05) is 31.2 Å². The average molecular weight is 371 g/mol. The van der Waals surface area contributed by atoms with Gasteiger partial charge in [0.25, 0.3) is 5.91 Å². The van der Waals surface area contributed by atoms with Crippen molar-refractivity contribution in [3.05, 3.63) is 52.8 Å². The first-order valence-electron chi connectivity index (χ1n) is 8.64. The van der Waals surface area contributed by atoms with Crippen LogP contribution in [0.1, 0.15) is 50.9 Å². The summed E-state index contributed by atoms with van der Waals surface area (Å²) in [7, 11) is 0. The number of urea groups is 1. The van der Waals surface area contributed by atoms with Gasteiger partial charge in [-0.05, 0) is 36.6 Å². The van der Waals surface area contributed by atoms with Crippen molar-refractivity contribution in [2.75, 3.05) is 13.1 Å². The third kappa shape index (κ3) is 4.43. The van der Waals surface area contributed by atoms with E-state index < -0.39 is 11.9 Å². The van der Waals surface area contributed by atoms with Gasteiger partial charge < -0.3 is 21.1 Å². The summed E-state index contributed by atoms with van der Waals surface area (Å²) in [6.07, 6.45) is 1.73. The number of carbonyl (C=O) groups excluding carboxylic acids is 2. The molecule has 0 aliphatic carbocycles. The molecule has 1 aromatic carbocycles. The summed E-state index contributed by atoms with van der Waals surface area (Å²) in [6, 6.07) is 7.83. The number of aromatic amines is 1. The number of piperidine rings is 1. The lowest BCUT2D eigenvalue weighted by Gasteiger charge is -2.32. The van der Waals surface area contributed by atoms with E-state index in [1.807, 2.05) is 0 Å². The maximum atomic E-state index is 12.5. The molecule has 1 aliphatic rings. The van der Waals surface area contributed by atoms with Crippen LogP contribution >= 0.6 is 0 Å². The molecule has 2 heterocycles. The Kier molecular flexibility index (Phi) is 5.39. The highest BCUT2D eigenvalue weighted by atomic mass is 16.4. The van der Waals surface area contributed by atoms with E-state index in [0.717, 1.165) is 24.1 Å². The van der Waals surface area contributed by atoms with Crippen LogP contribution in [-0.4, -0.2) is 51.2 Å². The monoisotopic (exact) mass is 371 g/mol. The van der Waals surface area contributed by atoms with Crippen molar-refractivity contribution in [1.82, 2.24) is 20.4 Å². The summed E-state index contributed by atoms with van der Waals surface area (Å²) in [5.41, 5.74) is 7.24. The lowest BCUT2D eigenvalue weighted by Crippen LogP contribution is -2.44. The standard InChI is InChI=1S/C18H21N5O4/c19-16(24)15-8-14(21-22-15)13-2-1-7-23(10-13)18(27)20-9-11-3-5-12(6-4-11)17(25)26/h3-6,8,13H,1-2,7,9-10H2,(H2,19,24)(H,20,27)(H,21,22)(H,25,26). The van der Waals surface area contributed by atoms with Gasteiger partial charge in [-0.1, -0.05) is 12.1 Å². The van der Waals surface area contributed by atoms with Gasteiger partial charge in [-0.15, -0.1) is 0 Å². The minimum absolute atomic E-state index is 0.0694. The number of carboxylic acid groups (broad SMARTS) is 1. The molecule has 5 N–H and O–H groups in total. The molecule has 9 heteroatoms. The van der Waals surface area contributed by atoms with E-state index in [2.05, 4.69) is 15.5 Å². The molecule has 0 saturated carbocycles. The van der Waals surface area contributed by atoms with Gasteiger partial charge in [0.2, 0.25) is 0 Å². The van der Waals surface area contributed by atoms with Crippen LogP contribution in [0.15, 0.2) is 30.3 Å². The van der Waals surface area contributed by atoms with Gasteiger partial charge in [-0.25, -0.2) is 9.59 Å². The number of benzene rings is 1. The SMILES string of the molecule is NC(=O)c1cc(C2CCCN(C(=O)NCc3ccc(C(=O)O)cc3)C2)[nH]n1. The van der Waals surface area contributed by atoms with Crippen molar-refractivity contribution in [2.24, 2.45) is 5.73 Å². The number of aromatic nitrogens is 2. The van der Waals surface area contributed by atoms with Crippen molar-refractivity contribution in [3.63, 3.8) is 0 Å². The molecule has 9 nitrogen and oxygen atoms in total. The number of hydrogen-bond acceptors (Lipinski definition) is 4. The van der Waals surface area contributed by atoms with Crippen molar-refractivity contribution in [2.45, 2.75) is 25.3 Å². The molecule has 1 aromatic heterocycles. The highest BCUT2D eigenvalue weighted by Gasteiger charge is 2.26. The molecule has 2 aromatic rings. The summed E-state index contributed by atoms with van der Waals surface area (Å²) < 4.78 is 0. The number of likely N-dealkylation sites (tertiary alicyclic amines) is 1. The number of rotatable bonds is 5. The Morgan fingerprint density at radius 1 is 1.30 bits per heavy atom. The van der Waals surface area contributed by atoms with Crippen LogP contribution in [0.5, 0.6) is 0 Å². The molecule has 1 saturated heterocycles. The number of carbonyl (C=O) groups is 3. The first-order chi connectivity index (χ1) is 12.9. The molecule has 1 fully saturated rings. The van der Waals surface area contributed by atoms with Crippen LogP contribution in [0.25, 0.3) is 0 Å². The molecule has 0 bridgehead atoms. The number of nitrogens with two attached hydrogens (primary N) is 1. The van der Waals surface area contributed by atoms with Crippen molar-refractivity contribution < 1.29 is 19.5 Å². The summed E-state index contributed by atoms with van der Waals surface area (Å²) in [6.45, 7) is 1.48. The second-order valence-electron chi connectivity index (χ2n) is 6.52. The zero-order chi connectivity index (χ0) is 19.4. The van der Waals surface area contributed by atoms with E-state index in [9.17, 15) is 14.4 Å². The highest BCUT2D eigenvalue weighted by Crippen LogP contribution is 2.26. The fraction of sp³-hybridized carbons (Fsp3) is 0.333. The Morgan fingerprint density at radius 2 is 2.04 bits per heavy atom. The average Bonchev–Trinajstić information content (AvgIpc) is 3.17. The van der Waals surface area contributed by atoms with Gasteiger partial charge >= 0.3 is 12.0 Å². The normalized spacial score (nSPS) is 16.7. The third-order valence-electron chi connectivity index (χ3n) is 4.64. The van der Waals surface area contributed by atoms with Crippen LogP contribution in [0.3, 0.4) is 0 Å². The van der Waals surface area contributed by atoms with Crippen LogP contribution in [-0.2, 0) is 6.54 Å². The Morgan fingerprint density at radius 3 is 2.67 bits per heavy atom. The maximum absolute atomic E-state index is 12.5. The Labute approximate surface area is 155 Å². The topological polar surface area (TPSA) is 141 Å². The van der Waals surface area contributed by atoms with Crippen molar-refractivity contribution in [3.8, 4) is 0 Å². The minimum atomic E-state index is -0.983. The number of carboxylic acids is 1. The minimum Gasteiger partial charge on any atom is -0.478 e. The molecule has 1 atom stereocenters. The summed E-state index contributed by atoms with van der Waals surface area (Å²) >= 11 is 0. The van der Waals surface area contributed by atoms with Gasteiger partial charge in [0.05, 0.1) is 5.56 Å². The summed E-state index contributed by atoms with van der Waals surface area (Å²) in [5.74, 6) is -1.50. The molecule has 0 radical (unpaired) electrons. The van der Waals surface area contributed by atoms with Gasteiger partial charge in [0.1, 0.15) is 5.69 Å². The molecule has 27 heavy (non-hydrogen) atoms. The first-order valence-corrected chi connectivity index (χ1v) is 8.64. The lowest BCUT2D eigenvalue weighted by molar-refractivity contribution is 0.0696. The second kappa shape index (κ2) is 7.90. The largest absolute Gasteiger partial charge is 0.478 e. The van der Waals surface area contributed by atoms with Gasteiger partial charge in [-0.3, -0.25) is 9.89 Å². The number of aromatic carboxylic acids is 1. The number of nitrogens with one attached hydrogen (secondary N) is 2. The number of primary amides is 1. The molecular formula is C18H21N5O4. The van der Waals surface area contributed by atoms with E-state index in [1.165, 1.54) is 12.1 Å². The fourth-order valence-corrected chi connectivity index (χ4v) is 3.14. The number of H-pyrrole nitrogens is 1. The molecule has 0 spiro atoms. The molecule has 3 rings (SSSR count). The van der Waals surface area contributed by atoms with E-state index in [1.54, 1.807) is 23.1 Å². The van der Waals surface area contributed by atoms with E-state index in [0.29, 0.717) is 19.6 Å². The number of hydrogen-bond donors (Lipinski definition) is 4. The summed E-state index contributed by atoms with van der Waals surface area (Å²) in [4.78, 5) is 36.2. The van der Waals surface area contributed by atoms with E-state index >= 15 is 0 Å². The molecule has 1 aliphatic heterocycles. The Hall–Kier alpha value is -3.36. The highest BCUT2D eigenvalue weighted by molar-refractivity contribution is 5.90. The Bertz CT molecular complexity index is 846. The van der Waals surface area contributed by atoms with Gasteiger partial charge in [-0.2, -0.15) is 5.10 Å². The lowest BCUT2D eigenvalue weighted by atomic mass is 9.95. The zero-order valence-corrected chi connectivity index (χ0v) is 14.6. The number of amides is 3. The quantitative estimate of drug-likeness (QED) is 0.627. The maximum Gasteiger partial charge on any atom is 0.335 e. The second-order valence-corrected chi connectivity index (χ2v) is 6.52. The zero-order valence-electron chi connectivity index (χ0n) is 14.6. The van der Waals surface area contributed by atoms with E-state index in [4.69, 9.17) is 10.8 Å². The van der Waals surface area contributed by atoms with Crippen LogP contribution in [0.4, 0.5) is 4.79 Å². The predicted octanol–water partition coefficient (Wildman–Crippen LogP) is 1.30. The van der Waals surface area contributed by atoms with E-state index in [-0.39, 0.29) is 23.2 Å². The first kappa shape index (κ1) is 18.4. The fourth-order valence-electron chi connectivity index (χ4n) is 3.14. The van der Waals surface area contributed by atoms with Gasteiger partial charge in [0.15, 0.2) is 0 Å². The molecule has 142 valence electrons. The van der Waals surface area contributed by atoms with Crippen LogP contribution < -0.4 is 11.1 Å². The number of nitrogens with zero attached hydrogens (tertiary/aromatic N) is 2. The van der Waals surface area contributed by atoms with Crippen molar-refractivity contribution >= 4 is 17.9 Å². The smallest absolute Gasteiger partial charge is 0.335 e.